The van der Waals surface area contributed by atoms with Gasteiger partial charge in [0.05, 0.1) is 5.71 Å². The summed E-state index contributed by atoms with van der Waals surface area (Å²) in [5, 5.41) is 13.1. The van der Waals surface area contributed by atoms with Crippen LogP contribution in [0.4, 0.5) is 9.18 Å². The highest BCUT2D eigenvalue weighted by Gasteiger charge is 2.34. The summed E-state index contributed by atoms with van der Waals surface area (Å²) in [6.45, 7) is 8.98. The van der Waals surface area contributed by atoms with Gasteiger partial charge in [-0.3, -0.25) is 4.98 Å². The third-order valence-electron chi connectivity index (χ3n) is 6.70. The number of nitrogens with two attached hydrogens (primary N) is 1. The molecule has 0 spiro atoms. The Labute approximate surface area is 223 Å². The number of benzene rings is 1. The molecule has 1 aromatic heterocycles. The van der Waals surface area contributed by atoms with Crippen molar-refractivity contribution in [2.45, 2.75) is 58.5 Å². The number of aromatic nitrogens is 1. The number of allylic oxidation sites excluding steroid dienone is 2. The van der Waals surface area contributed by atoms with E-state index in [4.69, 9.17) is 20.7 Å². The van der Waals surface area contributed by atoms with Crippen LogP contribution in [-0.2, 0) is 9.57 Å². The maximum Gasteiger partial charge on any atom is 0.410 e. The summed E-state index contributed by atoms with van der Waals surface area (Å²) in [7, 11) is 0. The molecule has 1 unspecified atom stereocenters. The Hall–Kier alpha value is -3.75. The van der Waals surface area contributed by atoms with Crippen LogP contribution in [-0.4, -0.2) is 52.7 Å². The summed E-state index contributed by atoms with van der Waals surface area (Å²) in [5.41, 5.74) is 10.3. The minimum absolute atomic E-state index is 0.0854. The zero-order valence-electron chi connectivity index (χ0n) is 22.5. The quantitative estimate of drug-likeness (QED) is 0.377. The Morgan fingerprint density at radius 2 is 2.03 bits per heavy atom. The third kappa shape index (κ3) is 6.57. The topological polar surface area (TPSA) is 114 Å². The summed E-state index contributed by atoms with van der Waals surface area (Å²) in [6.07, 6.45) is 4.83. The second-order valence-corrected chi connectivity index (χ2v) is 11.0. The number of nitrogens with one attached hydrogen (secondary N) is 1. The molecule has 1 amide bonds. The van der Waals surface area contributed by atoms with Gasteiger partial charge in [-0.25, -0.2) is 9.18 Å². The molecule has 0 bridgehead atoms. The van der Waals surface area contributed by atoms with Crippen LogP contribution in [0.25, 0.3) is 11.1 Å². The maximum absolute atomic E-state index is 14.2. The van der Waals surface area contributed by atoms with Crippen LogP contribution in [0, 0.1) is 17.1 Å². The second-order valence-electron chi connectivity index (χ2n) is 11.0. The summed E-state index contributed by atoms with van der Waals surface area (Å²) >= 11 is 0. The molecular weight excluding hydrogens is 485 g/mol. The molecule has 1 saturated carbocycles. The van der Waals surface area contributed by atoms with Crippen LogP contribution in [0.2, 0.25) is 0 Å². The second kappa shape index (κ2) is 11.3. The highest BCUT2D eigenvalue weighted by atomic mass is 19.1. The van der Waals surface area contributed by atoms with Crippen molar-refractivity contribution in [3.05, 3.63) is 65.4 Å². The Morgan fingerprint density at radius 1 is 1.26 bits per heavy atom. The van der Waals surface area contributed by atoms with E-state index in [0.717, 1.165) is 23.1 Å². The molecule has 1 saturated heterocycles. The van der Waals surface area contributed by atoms with E-state index < -0.39 is 5.60 Å². The van der Waals surface area contributed by atoms with Gasteiger partial charge in [0.1, 0.15) is 18.0 Å². The zero-order chi connectivity index (χ0) is 27.4. The molecule has 202 valence electrons. The molecule has 2 fully saturated rings. The number of ether oxygens (including phenoxy) is 1. The van der Waals surface area contributed by atoms with E-state index >= 15 is 0 Å². The fraction of sp³-hybridized carbons (Fsp3) is 0.448. The molecule has 3 N–H and O–H groups in total. The number of hydrogen-bond acceptors (Lipinski definition) is 7. The molecule has 4 rings (SSSR count). The van der Waals surface area contributed by atoms with Crippen molar-refractivity contribution in [2.24, 2.45) is 16.8 Å². The number of carbonyl (C=O) groups is 1. The lowest BCUT2D eigenvalue weighted by Gasteiger charge is -2.39. The zero-order valence-corrected chi connectivity index (χ0v) is 22.5. The molecule has 1 aliphatic heterocycles. The predicted octanol–water partition coefficient (Wildman–Crippen LogP) is 5.65. The molecule has 1 aliphatic carbocycles. The van der Waals surface area contributed by atoms with Crippen LogP contribution in [0.15, 0.2) is 59.2 Å². The molecule has 1 aromatic carbocycles. The number of rotatable bonds is 6. The van der Waals surface area contributed by atoms with Crippen molar-refractivity contribution in [3.63, 3.8) is 0 Å². The summed E-state index contributed by atoms with van der Waals surface area (Å²) in [6, 6.07) is 8.47. The van der Waals surface area contributed by atoms with Gasteiger partial charge >= 0.3 is 6.09 Å². The number of likely N-dealkylation sites (tertiary alicyclic amines) is 1. The van der Waals surface area contributed by atoms with E-state index in [9.17, 15) is 9.18 Å². The Bertz CT molecular complexity index is 1240. The number of hydrogen-bond donors (Lipinski definition) is 2. The first-order chi connectivity index (χ1) is 18.0. The van der Waals surface area contributed by atoms with Crippen LogP contribution in [0.5, 0.6) is 0 Å². The Balaban J connectivity index is 1.42. The lowest BCUT2D eigenvalue weighted by Crippen LogP contribution is -2.51. The van der Waals surface area contributed by atoms with Crippen LogP contribution < -0.4 is 5.73 Å². The molecule has 8 nitrogen and oxygen atoms in total. The fourth-order valence-corrected chi connectivity index (χ4v) is 4.93. The highest BCUT2D eigenvalue weighted by molar-refractivity contribution is 6.25. The van der Waals surface area contributed by atoms with Crippen molar-refractivity contribution in [2.75, 3.05) is 19.7 Å². The van der Waals surface area contributed by atoms with Gasteiger partial charge in [-0.2, -0.15) is 0 Å². The van der Waals surface area contributed by atoms with E-state index in [1.807, 2.05) is 32.9 Å². The number of halogens is 1. The lowest BCUT2D eigenvalue weighted by molar-refractivity contribution is -0.00684. The molecular formula is C29H36FN5O3. The van der Waals surface area contributed by atoms with Crippen molar-refractivity contribution in [3.8, 4) is 11.1 Å². The van der Waals surface area contributed by atoms with E-state index in [1.54, 1.807) is 30.3 Å². The minimum Gasteiger partial charge on any atom is -0.444 e. The molecule has 1 atom stereocenters. The van der Waals surface area contributed by atoms with Gasteiger partial charge in [-0.15, -0.1) is 0 Å². The molecule has 2 aliphatic rings. The number of pyridine rings is 1. The van der Waals surface area contributed by atoms with E-state index in [0.29, 0.717) is 61.1 Å². The van der Waals surface area contributed by atoms with E-state index in [-0.39, 0.29) is 17.8 Å². The standard InChI is InChI=1S/C29H36FN5O3/c1-18(31)27-25(32)12-21(23-8-7-22(30)14-24(23)20-6-5-10-33-15-20)13-26(27)34-37-11-9-19-16-35(17-19)28(36)38-29(2,3)4/h5-8,10,14-15,19,21,32H,9,11-13,16-17,31H2,1-4H3/b27-18+,32-25?,34-26+. The monoisotopic (exact) mass is 521 g/mol. The summed E-state index contributed by atoms with van der Waals surface area (Å²) in [4.78, 5) is 23.7. The van der Waals surface area contributed by atoms with Crippen molar-refractivity contribution in [1.82, 2.24) is 9.88 Å². The van der Waals surface area contributed by atoms with Gasteiger partial charge in [0.2, 0.25) is 0 Å². The SMILES string of the molecule is C/C(N)=C1/C(=N)CC(c2ccc(F)cc2-c2cccnc2)C/C1=N\OCCC1CN(C(=O)OC(C)(C)C)C1. The number of nitrogens with zero attached hydrogens (tertiary/aromatic N) is 3. The van der Waals surface area contributed by atoms with Crippen LogP contribution >= 0.6 is 0 Å². The average molecular weight is 522 g/mol. The first kappa shape index (κ1) is 27.3. The molecule has 9 heteroatoms. The van der Waals surface area contributed by atoms with Gasteiger partial charge in [0.15, 0.2) is 0 Å². The van der Waals surface area contributed by atoms with Crippen molar-refractivity contribution >= 4 is 17.5 Å². The Morgan fingerprint density at radius 3 is 2.68 bits per heavy atom. The number of oxime groups is 1. The predicted molar refractivity (Wildman–Crippen MR) is 146 cm³/mol. The average Bonchev–Trinajstić information content (AvgIpc) is 2.81. The third-order valence-corrected chi connectivity index (χ3v) is 6.70. The van der Waals surface area contributed by atoms with Gasteiger partial charge in [0, 0.05) is 54.4 Å². The van der Waals surface area contributed by atoms with Gasteiger partial charge < -0.3 is 25.6 Å². The summed E-state index contributed by atoms with van der Waals surface area (Å²) < 4.78 is 19.6. The van der Waals surface area contributed by atoms with E-state index in [1.165, 1.54) is 12.1 Å². The molecule has 2 aromatic rings. The fourth-order valence-electron chi connectivity index (χ4n) is 4.93. The molecule has 2 heterocycles. The van der Waals surface area contributed by atoms with Gasteiger partial charge in [-0.05, 0) is 81.7 Å². The Kier molecular flexibility index (Phi) is 8.14. The van der Waals surface area contributed by atoms with E-state index in [2.05, 4.69) is 10.1 Å². The first-order valence-electron chi connectivity index (χ1n) is 12.9. The summed E-state index contributed by atoms with van der Waals surface area (Å²) in [5.74, 6) is -0.0827. The minimum atomic E-state index is -0.508. The van der Waals surface area contributed by atoms with Crippen molar-refractivity contribution < 1.29 is 18.8 Å². The molecule has 38 heavy (non-hydrogen) atoms. The molecule has 0 radical (unpaired) electrons. The highest BCUT2D eigenvalue weighted by Crippen LogP contribution is 2.38. The lowest BCUT2D eigenvalue weighted by atomic mass is 9.76. The number of carbonyl (C=O) groups excluding carboxylic acids is 1. The van der Waals surface area contributed by atoms with Gasteiger partial charge in [0.25, 0.3) is 0 Å². The van der Waals surface area contributed by atoms with Gasteiger partial charge in [-0.1, -0.05) is 17.3 Å². The normalized spacial score (nSPS) is 20.8. The van der Waals surface area contributed by atoms with Crippen molar-refractivity contribution in [1.29, 1.82) is 5.41 Å². The smallest absolute Gasteiger partial charge is 0.410 e. The maximum atomic E-state index is 14.2. The van der Waals surface area contributed by atoms with Crippen LogP contribution in [0.3, 0.4) is 0 Å². The largest absolute Gasteiger partial charge is 0.444 e. The number of amides is 1. The van der Waals surface area contributed by atoms with Crippen LogP contribution in [0.1, 0.15) is 58.4 Å². The first-order valence-corrected chi connectivity index (χ1v) is 12.9.